The van der Waals surface area contributed by atoms with Crippen LogP contribution in [0.25, 0.3) is 6.08 Å². The van der Waals surface area contributed by atoms with Crippen molar-refractivity contribution in [1.29, 1.82) is 0 Å². The van der Waals surface area contributed by atoms with Gasteiger partial charge in [0, 0.05) is 0 Å². The van der Waals surface area contributed by atoms with Crippen LogP contribution in [-0.4, -0.2) is 30.6 Å². The number of anilines is 1. The van der Waals surface area contributed by atoms with Gasteiger partial charge in [-0.1, -0.05) is 66.4 Å². The molecule has 1 aliphatic rings. The smallest absolute Gasteiger partial charge is 0.270 e. The molecule has 1 saturated heterocycles. The van der Waals surface area contributed by atoms with E-state index in [9.17, 15) is 4.79 Å². The van der Waals surface area contributed by atoms with Gasteiger partial charge in [0.15, 0.2) is 15.8 Å². The predicted octanol–water partition coefficient (Wildman–Crippen LogP) is 5.56. The molecule has 0 spiro atoms. The van der Waals surface area contributed by atoms with Crippen molar-refractivity contribution in [2.75, 3.05) is 25.2 Å². The monoisotopic (exact) mass is 463 g/mol. The largest absolute Gasteiger partial charge is 0.493 e. The van der Waals surface area contributed by atoms with Gasteiger partial charge in [-0.25, -0.2) is 0 Å². The van der Waals surface area contributed by atoms with Gasteiger partial charge in [-0.05, 0) is 48.0 Å². The molecule has 0 N–H and O–H groups in total. The quantitative estimate of drug-likeness (QED) is 0.248. The summed E-state index contributed by atoms with van der Waals surface area (Å²) in [5.41, 5.74) is 1.58. The third-order valence-corrected chi connectivity index (χ3v) is 5.95. The number of hydrogen-bond donors (Lipinski definition) is 0. The number of amides is 1. The molecule has 1 amide bonds. The van der Waals surface area contributed by atoms with Gasteiger partial charge in [-0.3, -0.25) is 9.69 Å². The minimum atomic E-state index is -0.136. The highest BCUT2D eigenvalue weighted by molar-refractivity contribution is 8.27. The Morgan fingerprint density at radius 2 is 1.59 bits per heavy atom. The van der Waals surface area contributed by atoms with E-state index in [1.165, 1.54) is 11.8 Å². The van der Waals surface area contributed by atoms with Gasteiger partial charge in [-0.2, -0.15) is 0 Å². The van der Waals surface area contributed by atoms with E-state index in [4.69, 9.17) is 26.4 Å². The third-order valence-electron chi connectivity index (χ3n) is 4.65. The zero-order valence-electron chi connectivity index (χ0n) is 17.4. The lowest BCUT2D eigenvalue weighted by Gasteiger charge is -2.14. The van der Waals surface area contributed by atoms with E-state index in [0.717, 1.165) is 17.0 Å². The molecule has 0 atom stereocenters. The molecule has 0 radical (unpaired) electrons. The summed E-state index contributed by atoms with van der Waals surface area (Å²) < 4.78 is 17.5. The van der Waals surface area contributed by atoms with Crippen molar-refractivity contribution < 1.29 is 19.0 Å². The number of ether oxygens (including phenoxy) is 3. The van der Waals surface area contributed by atoms with Crippen LogP contribution in [-0.2, 0) is 4.79 Å². The maximum atomic E-state index is 12.9. The van der Waals surface area contributed by atoms with Gasteiger partial charge in [0.25, 0.3) is 5.91 Å². The van der Waals surface area contributed by atoms with Crippen LogP contribution in [0.1, 0.15) is 5.56 Å². The minimum absolute atomic E-state index is 0.136. The highest BCUT2D eigenvalue weighted by Gasteiger charge is 2.33. The molecule has 7 heteroatoms. The van der Waals surface area contributed by atoms with Gasteiger partial charge in [0.2, 0.25) is 0 Å². The minimum Gasteiger partial charge on any atom is -0.493 e. The topological polar surface area (TPSA) is 48.0 Å². The molecule has 0 aliphatic carbocycles. The van der Waals surface area contributed by atoms with Crippen LogP contribution >= 0.6 is 24.0 Å². The number of thioether (sulfide) groups is 1. The number of methoxy groups -OCH3 is 1. The van der Waals surface area contributed by atoms with Crippen molar-refractivity contribution in [3.63, 3.8) is 0 Å². The second-order valence-corrected chi connectivity index (χ2v) is 8.45. The van der Waals surface area contributed by atoms with Crippen LogP contribution in [0.5, 0.6) is 17.2 Å². The van der Waals surface area contributed by atoms with E-state index in [1.54, 1.807) is 12.0 Å². The Balaban J connectivity index is 1.43. The number of hydrogen-bond acceptors (Lipinski definition) is 6. The van der Waals surface area contributed by atoms with Crippen LogP contribution in [0.4, 0.5) is 5.69 Å². The molecule has 1 fully saturated rings. The van der Waals surface area contributed by atoms with E-state index in [0.29, 0.717) is 33.9 Å². The number of para-hydroxylation sites is 2. The fourth-order valence-electron chi connectivity index (χ4n) is 3.14. The van der Waals surface area contributed by atoms with Crippen molar-refractivity contribution in [2.24, 2.45) is 0 Å². The predicted molar refractivity (Wildman–Crippen MR) is 133 cm³/mol. The molecule has 1 aliphatic heterocycles. The van der Waals surface area contributed by atoms with E-state index in [-0.39, 0.29) is 5.91 Å². The van der Waals surface area contributed by atoms with Crippen LogP contribution in [0.15, 0.2) is 83.8 Å². The summed E-state index contributed by atoms with van der Waals surface area (Å²) >= 11 is 6.71. The number of carbonyl (C=O) groups is 1. The molecule has 0 saturated carbocycles. The SMILES string of the molecule is COc1cc(/C=C2\SC(=S)N(c3ccccc3)C2=O)ccc1OCCOc1ccccc1. The summed E-state index contributed by atoms with van der Waals surface area (Å²) in [6.45, 7) is 0.789. The summed E-state index contributed by atoms with van der Waals surface area (Å²) in [6, 6.07) is 24.5. The van der Waals surface area contributed by atoms with Gasteiger partial charge in [0.05, 0.1) is 17.7 Å². The molecule has 0 unspecified atom stereocenters. The number of nitrogens with zero attached hydrogens (tertiary/aromatic N) is 1. The first-order valence-corrected chi connectivity index (χ1v) is 11.2. The molecule has 0 bridgehead atoms. The first kappa shape index (κ1) is 21.9. The molecule has 1 heterocycles. The molecule has 3 aromatic carbocycles. The van der Waals surface area contributed by atoms with Crippen LogP contribution < -0.4 is 19.1 Å². The molecular formula is C25H21NO4S2. The molecule has 162 valence electrons. The van der Waals surface area contributed by atoms with E-state index < -0.39 is 0 Å². The van der Waals surface area contributed by atoms with Crippen molar-refractivity contribution >= 4 is 46.0 Å². The van der Waals surface area contributed by atoms with Crippen LogP contribution in [0, 0.1) is 0 Å². The van der Waals surface area contributed by atoms with Crippen molar-refractivity contribution in [1.82, 2.24) is 0 Å². The Morgan fingerprint density at radius 1 is 0.906 bits per heavy atom. The normalized spacial score (nSPS) is 14.7. The lowest BCUT2D eigenvalue weighted by molar-refractivity contribution is -0.113. The van der Waals surface area contributed by atoms with Gasteiger partial charge < -0.3 is 14.2 Å². The van der Waals surface area contributed by atoms with Crippen LogP contribution in [0.2, 0.25) is 0 Å². The maximum Gasteiger partial charge on any atom is 0.270 e. The number of rotatable bonds is 8. The Morgan fingerprint density at radius 3 is 2.31 bits per heavy atom. The summed E-state index contributed by atoms with van der Waals surface area (Å²) in [5, 5.41) is 0. The molecule has 32 heavy (non-hydrogen) atoms. The average Bonchev–Trinajstić information content (AvgIpc) is 3.11. The summed E-state index contributed by atoms with van der Waals surface area (Å²) in [4.78, 5) is 15.0. The average molecular weight is 464 g/mol. The Bertz CT molecular complexity index is 1130. The summed E-state index contributed by atoms with van der Waals surface area (Å²) in [7, 11) is 1.58. The van der Waals surface area contributed by atoms with Crippen molar-refractivity contribution in [3.8, 4) is 17.2 Å². The first-order chi connectivity index (χ1) is 15.7. The lowest BCUT2D eigenvalue weighted by Crippen LogP contribution is -2.27. The molecule has 4 rings (SSSR count). The second-order valence-electron chi connectivity index (χ2n) is 6.77. The van der Waals surface area contributed by atoms with Gasteiger partial charge in [-0.15, -0.1) is 0 Å². The Hall–Kier alpha value is -3.29. The fraction of sp³-hybridized carbons (Fsp3) is 0.120. The zero-order valence-corrected chi connectivity index (χ0v) is 19.0. The zero-order chi connectivity index (χ0) is 22.3. The van der Waals surface area contributed by atoms with E-state index >= 15 is 0 Å². The Kier molecular flexibility index (Phi) is 7.09. The standard InChI is InChI=1S/C25H21NO4S2/c1-28-22-16-18(12-13-21(22)30-15-14-29-20-10-6-3-7-11-20)17-23-24(27)26(25(31)32-23)19-8-4-2-5-9-19/h2-13,16-17H,14-15H2,1H3/b23-17-. The molecule has 5 nitrogen and oxygen atoms in total. The number of benzene rings is 3. The number of thiocarbonyl (C=S) groups is 1. The lowest BCUT2D eigenvalue weighted by atomic mass is 10.2. The van der Waals surface area contributed by atoms with E-state index in [2.05, 4.69) is 0 Å². The van der Waals surface area contributed by atoms with Crippen molar-refractivity contribution in [3.05, 3.63) is 89.3 Å². The van der Waals surface area contributed by atoms with Crippen LogP contribution in [0.3, 0.4) is 0 Å². The van der Waals surface area contributed by atoms with Gasteiger partial charge in [0.1, 0.15) is 19.0 Å². The van der Waals surface area contributed by atoms with Gasteiger partial charge >= 0.3 is 0 Å². The van der Waals surface area contributed by atoms with E-state index in [1.807, 2.05) is 84.9 Å². The first-order valence-electron chi connectivity index (χ1n) is 9.97. The third kappa shape index (κ3) is 5.12. The highest BCUT2D eigenvalue weighted by atomic mass is 32.2. The molecule has 3 aromatic rings. The summed E-state index contributed by atoms with van der Waals surface area (Å²) in [5.74, 6) is 1.85. The summed E-state index contributed by atoms with van der Waals surface area (Å²) in [6.07, 6.45) is 1.81. The highest BCUT2D eigenvalue weighted by Crippen LogP contribution is 2.37. The number of carbonyl (C=O) groups excluding carboxylic acids is 1. The molecular weight excluding hydrogens is 442 g/mol. The van der Waals surface area contributed by atoms with Crippen molar-refractivity contribution in [2.45, 2.75) is 0 Å². The second kappa shape index (κ2) is 10.3. The maximum absolute atomic E-state index is 12.9. The molecule has 0 aromatic heterocycles. The fourth-order valence-corrected chi connectivity index (χ4v) is 4.44. The Labute approximate surface area is 196 Å².